The maximum Gasteiger partial charge on any atom is 0.263 e. The molecular formula is C17H24FNO2. The standard InChI is InChI=1S/C17H24FNO2/c1-2-16(21-15-10-8-14(18)9-11-15)17(20)19-12-6-4-3-5-7-13-19/h8-11,16H,2-7,12-13H2,1H3/t16-/m1/s1. The molecule has 2 rings (SSSR count). The van der Waals surface area contributed by atoms with Crippen molar-refractivity contribution in [2.75, 3.05) is 13.1 Å². The first-order chi connectivity index (χ1) is 10.2. The van der Waals surface area contributed by atoms with Crippen molar-refractivity contribution in [1.29, 1.82) is 0 Å². The Morgan fingerprint density at radius 2 is 1.71 bits per heavy atom. The summed E-state index contributed by atoms with van der Waals surface area (Å²) in [7, 11) is 0. The van der Waals surface area contributed by atoms with Gasteiger partial charge in [-0.3, -0.25) is 4.79 Å². The molecule has 0 unspecified atom stereocenters. The van der Waals surface area contributed by atoms with Crippen molar-refractivity contribution in [3.05, 3.63) is 30.1 Å². The maximum absolute atomic E-state index is 12.9. The molecule has 0 bridgehead atoms. The second kappa shape index (κ2) is 8.01. The number of carbonyl (C=O) groups is 1. The molecule has 0 spiro atoms. The molecule has 1 heterocycles. The van der Waals surface area contributed by atoms with Gasteiger partial charge in [-0.2, -0.15) is 0 Å². The molecule has 1 aliphatic heterocycles. The van der Waals surface area contributed by atoms with Gasteiger partial charge in [0.05, 0.1) is 0 Å². The van der Waals surface area contributed by atoms with E-state index in [-0.39, 0.29) is 11.7 Å². The predicted molar refractivity (Wildman–Crippen MR) is 80.8 cm³/mol. The Kier molecular flexibility index (Phi) is 6.03. The zero-order valence-electron chi connectivity index (χ0n) is 12.7. The van der Waals surface area contributed by atoms with Crippen LogP contribution in [0, 0.1) is 5.82 Å². The molecule has 0 aromatic heterocycles. The maximum atomic E-state index is 12.9. The molecule has 116 valence electrons. The quantitative estimate of drug-likeness (QED) is 0.845. The molecule has 1 aromatic carbocycles. The van der Waals surface area contributed by atoms with Crippen LogP contribution in [0.25, 0.3) is 0 Å². The van der Waals surface area contributed by atoms with Crippen LogP contribution in [0.3, 0.4) is 0 Å². The molecular weight excluding hydrogens is 269 g/mol. The Hall–Kier alpha value is -1.58. The van der Waals surface area contributed by atoms with Gasteiger partial charge in [0.2, 0.25) is 0 Å². The number of hydrogen-bond acceptors (Lipinski definition) is 2. The van der Waals surface area contributed by atoms with E-state index in [0.29, 0.717) is 12.2 Å². The van der Waals surface area contributed by atoms with Crippen LogP contribution in [0.2, 0.25) is 0 Å². The van der Waals surface area contributed by atoms with Crippen molar-refractivity contribution in [2.24, 2.45) is 0 Å². The lowest BCUT2D eigenvalue weighted by Gasteiger charge is -2.28. The Balaban J connectivity index is 1.97. The fraction of sp³-hybridized carbons (Fsp3) is 0.588. The van der Waals surface area contributed by atoms with Gasteiger partial charge < -0.3 is 9.64 Å². The molecule has 1 aliphatic rings. The van der Waals surface area contributed by atoms with Crippen LogP contribution in [0.5, 0.6) is 5.75 Å². The van der Waals surface area contributed by atoms with Crippen molar-refractivity contribution in [2.45, 2.75) is 51.6 Å². The van der Waals surface area contributed by atoms with Gasteiger partial charge in [-0.05, 0) is 43.5 Å². The molecule has 1 fully saturated rings. The van der Waals surface area contributed by atoms with Crippen molar-refractivity contribution in [3.8, 4) is 5.75 Å². The van der Waals surface area contributed by atoms with Crippen molar-refractivity contribution in [3.63, 3.8) is 0 Å². The van der Waals surface area contributed by atoms with E-state index < -0.39 is 6.10 Å². The summed E-state index contributed by atoms with van der Waals surface area (Å²) < 4.78 is 18.7. The van der Waals surface area contributed by atoms with Gasteiger partial charge in [-0.15, -0.1) is 0 Å². The smallest absolute Gasteiger partial charge is 0.263 e. The molecule has 1 aromatic rings. The Labute approximate surface area is 126 Å². The minimum Gasteiger partial charge on any atom is -0.481 e. The van der Waals surface area contributed by atoms with Gasteiger partial charge >= 0.3 is 0 Å². The summed E-state index contributed by atoms with van der Waals surface area (Å²) in [5.41, 5.74) is 0. The minimum absolute atomic E-state index is 0.0590. The third kappa shape index (κ3) is 4.73. The van der Waals surface area contributed by atoms with Crippen LogP contribution in [0.1, 0.15) is 45.4 Å². The molecule has 0 N–H and O–H groups in total. The molecule has 0 radical (unpaired) electrons. The fourth-order valence-electron chi connectivity index (χ4n) is 2.66. The number of likely N-dealkylation sites (tertiary alicyclic amines) is 1. The average molecular weight is 293 g/mol. The van der Waals surface area contributed by atoms with Gasteiger partial charge in [0.1, 0.15) is 11.6 Å². The average Bonchev–Trinajstić information content (AvgIpc) is 2.46. The number of rotatable bonds is 4. The van der Waals surface area contributed by atoms with E-state index in [9.17, 15) is 9.18 Å². The number of nitrogens with zero attached hydrogens (tertiary/aromatic N) is 1. The summed E-state index contributed by atoms with van der Waals surface area (Å²) in [6.07, 6.45) is 5.93. The van der Waals surface area contributed by atoms with Crippen molar-refractivity contribution >= 4 is 5.91 Å². The zero-order valence-corrected chi connectivity index (χ0v) is 12.7. The van der Waals surface area contributed by atoms with Crippen molar-refractivity contribution < 1.29 is 13.9 Å². The Bertz CT molecular complexity index is 439. The van der Waals surface area contributed by atoms with E-state index in [4.69, 9.17) is 4.74 Å². The molecule has 1 atom stereocenters. The van der Waals surface area contributed by atoms with E-state index in [1.165, 1.54) is 31.4 Å². The highest BCUT2D eigenvalue weighted by Gasteiger charge is 2.24. The number of benzene rings is 1. The van der Waals surface area contributed by atoms with Crippen LogP contribution in [-0.2, 0) is 4.79 Å². The second-order valence-electron chi connectivity index (χ2n) is 5.56. The summed E-state index contributed by atoms with van der Waals surface area (Å²) >= 11 is 0. The summed E-state index contributed by atoms with van der Waals surface area (Å²) in [6.45, 7) is 3.58. The second-order valence-corrected chi connectivity index (χ2v) is 5.56. The van der Waals surface area contributed by atoms with Gasteiger partial charge in [0.15, 0.2) is 6.10 Å². The number of amides is 1. The van der Waals surface area contributed by atoms with Crippen molar-refractivity contribution in [1.82, 2.24) is 4.90 Å². The summed E-state index contributed by atoms with van der Waals surface area (Å²) in [5.74, 6) is 0.304. The molecule has 0 aliphatic carbocycles. The summed E-state index contributed by atoms with van der Waals surface area (Å²) in [5, 5.41) is 0. The predicted octanol–water partition coefficient (Wildman–Crippen LogP) is 3.78. The van der Waals surface area contributed by atoms with E-state index in [0.717, 1.165) is 25.9 Å². The first kappa shape index (κ1) is 15.8. The number of carbonyl (C=O) groups excluding carboxylic acids is 1. The van der Waals surface area contributed by atoms with Crippen LogP contribution in [-0.4, -0.2) is 30.0 Å². The Morgan fingerprint density at radius 1 is 1.14 bits per heavy atom. The minimum atomic E-state index is -0.477. The topological polar surface area (TPSA) is 29.5 Å². The molecule has 0 saturated carbocycles. The normalized spacial score (nSPS) is 17.7. The first-order valence-corrected chi connectivity index (χ1v) is 7.91. The molecule has 4 heteroatoms. The van der Waals surface area contributed by atoms with Gasteiger partial charge in [-0.1, -0.05) is 26.2 Å². The van der Waals surface area contributed by atoms with Crippen LogP contribution >= 0.6 is 0 Å². The number of ether oxygens (including phenoxy) is 1. The molecule has 1 saturated heterocycles. The highest BCUT2D eigenvalue weighted by atomic mass is 19.1. The van der Waals surface area contributed by atoms with E-state index in [2.05, 4.69) is 0 Å². The number of hydrogen-bond donors (Lipinski definition) is 0. The van der Waals surface area contributed by atoms with Crippen LogP contribution < -0.4 is 4.74 Å². The third-order valence-corrected chi connectivity index (χ3v) is 3.91. The monoisotopic (exact) mass is 293 g/mol. The fourth-order valence-corrected chi connectivity index (χ4v) is 2.66. The summed E-state index contributed by atoms with van der Waals surface area (Å²) in [6, 6.07) is 5.84. The van der Waals surface area contributed by atoms with Gasteiger partial charge in [-0.25, -0.2) is 4.39 Å². The van der Waals surface area contributed by atoms with Crippen LogP contribution in [0.15, 0.2) is 24.3 Å². The zero-order chi connectivity index (χ0) is 15.1. The molecule has 3 nitrogen and oxygen atoms in total. The van der Waals surface area contributed by atoms with Crippen LogP contribution in [0.4, 0.5) is 4.39 Å². The Morgan fingerprint density at radius 3 is 2.29 bits per heavy atom. The molecule has 21 heavy (non-hydrogen) atoms. The highest BCUT2D eigenvalue weighted by molar-refractivity contribution is 5.81. The van der Waals surface area contributed by atoms with E-state index in [1.807, 2.05) is 11.8 Å². The lowest BCUT2D eigenvalue weighted by molar-refractivity contribution is -0.139. The lowest BCUT2D eigenvalue weighted by Crippen LogP contribution is -2.43. The third-order valence-electron chi connectivity index (χ3n) is 3.91. The molecule has 1 amide bonds. The number of halogens is 1. The highest BCUT2D eigenvalue weighted by Crippen LogP contribution is 2.17. The van der Waals surface area contributed by atoms with E-state index in [1.54, 1.807) is 12.1 Å². The van der Waals surface area contributed by atoms with E-state index >= 15 is 0 Å². The largest absolute Gasteiger partial charge is 0.481 e. The first-order valence-electron chi connectivity index (χ1n) is 7.91. The summed E-state index contributed by atoms with van der Waals surface area (Å²) in [4.78, 5) is 14.5. The SMILES string of the molecule is CC[C@@H](Oc1ccc(F)cc1)C(=O)N1CCCCCCC1. The lowest BCUT2D eigenvalue weighted by atomic mass is 10.1. The van der Waals surface area contributed by atoms with Gasteiger partial charge in [0.25, 0.3) is 5.91 Å². The van der Waals surface area contributed by atoms with Gasteiger partial charge in [0, 0.05) is 13.1 Å².